The standard InChI is InChI=1S/C16H25BrN3O5P/c1-4-25-26(23,24)10-18-15(21)14(9-11(2)3)20-16(22)19-13-7-5-12(17)6-8-13/h5-8,11,14H,4,9-10H2,1-3H3,(H,18,21)(H,23,24)(H2,19,20,22). The molecule has 0 saturated carbocycles. The molecule has 0 radical (unpaired) electrons. The van der Waals surface area contributed by atoms with Crippen molar-refractivity contribution < 1.29 is 23.6 Å². The lowest BCUT2D eigenvalue weighted by Crippen LogP contribution is -2.48. The van der Waals surface area contributed by atoms with Crippen molar-refractivity contribution in [3.63, 3.8) is 0 Å². The van der Waals surface area contributed by atoms with Crippen molar-refractivity contribution in [1.29, 1.82) is 0 Å². The number of urea groups is 1. The number of benzene rings is 1. The van der Waals surface area contributed by atoms with Gasteiger partial charge in [0.25, 0.3) is 0 Å². The third-order valence-electron chi connectivity index (χ3n) is 3.21. The van der Waals surface area contributed by atoms with E-state index in [1.165, 1.54) is 0 Å². The quantitative estimate of drug-likeness (QED) is 0.431. The summed E-state index contributed by atoms with van der Waals surface area (Å²) in [6, 6.07) is 5.61. The molecule has 1 aromatic rings. The Hall–Kier alpha value is -1.41. The van der Waals surface area contributed by atoms with Crippen LogP contribution in [0.2, 0.25) is 0 Å². The van der Waals surface area contributed by atoms with E-state index in [0.717, 1.165) is 4.47 Å². The number of carbonyl (C=O) groups excluding carboxylic acids is 2. The molecule has 8 nitrogen and oxygen atoms in total. The zero-order valence-electron chi connectivity index (χ0n) is 15.0. The molecular weight excluding hydrogens is 425 g/mol. The number of nitrogens with one attached hydrogen (secondary N) is 3. The Bertz CT molecular complexity index is 654. The summed E-state index contributed by atoms with van der Waals surface area (Å²) < 4.78 is 17.3. The fraction of sp³-hybridized carbons (Fsp3) is 0.500. The van der Waals surface area contributed by atoms with Crippen LogP contribution in [0.4, 0.5) is 10.5 Å². The Morgan fingerprint density at radius 2 is 1.88 bits per heavy atom. The van der Waals surface area contributed by atoms with Crippen LogP contribution in [-0.2, 0) is 13.9 Å². The van der Waals surface area contributed by atoms with Crippen LogP contribution in [0, 0.1) is 5.92 Å². The number of anilines is 1. The highest BCUT2D eigenvalue weighted by Gasteiger charge is 2.25. The molecule has 0 aliphatic carbocycles. The van der Waals surface area contributed by atoms with Crippen molar-refractivity contribution in [1.82, 2.24) is 10.6 Å². The highest BCUT2D eigenvalue weighted by Crippen LogP contribution is 2.39. The Balaban J connectivity index is 2.67. The van der Waals surface area contributed by atoms with Gasteiger partial charge in [-0.2, -0.15) is 0 Å². The van der Waals surface area contributed by atoms with E-state index in [2.05, 4.69) is 31.9 Å². The van der Waals surface area contributed by atoms with E-state index in [4.69, 9.17) is 4.52 Å². The van der Waals surface area contributed by atoms with E-state index in [-0.39, 0.29) is 12.5 Å². The summed E-state index contributed by atoms with van der Waals surface area (Å²) in [5.41, 5.74) is 0.575. The molecule has 1 rings (SSSR count). The molecule has 0 spiro atoms. The Morgan fingerprint density at radius 3 is 2.42 bits per heavy atom. The van der Waals surface area contributed by atoms with Gasteiger partial charge < -0.3 is 25.4 Å². The minimum atomic E-state index is -3.88. The number of halogens is 1. The van der Waals surface area contributed by atoms with Crippen LogP contribution >= 0.6 is 23.5 Å². The molecule has 2 unspecified atom stereocenters. The number of amides is 3. The van der Waals surface area contributed by atoms with E-state index in [1.54, 1.807) is 31.2 Å². The molecule has 0 aliphatic heterocycles. The van der Waals surface area contributed by atoms with E-state index >= 15 is 0 Å². The molecule has 0 saturated heterocycles. The molecule has 1 aromatic carbocycles. The van der Waals surface area contributed by atoms with E-state index in [9.17, 15) is 19.0 Å². The van der Waals surface area contributed by atoms with Crippen LogP contribution in [0.1, 0.15) is 27.2 Å². The molecule has 3 amide bonds. The summed E-state index contributed by atoms with van der Waals surface area (Å²) >= 11 is 3.31. The van der Waals surface area contributed by atoms with Gasteiger partial charge in [0.1, 0.15) is 12.3 Å². The molecular formula is C16H25BrN3O5P. The van der Waals surface area contributed by atoms with Crippen LogP contribution in [0.25, 0.3) is 0 Å². The Labute approximate surface area is 161 Å². The van der Waals surface area contributed by atoms with Gasteiger partial charge >= 0.3 is 13.6 Å². The molecule has 2 atom stereocenters. The predicted molar refractivity (Wildman–Crippen MR) is 104 cm³/mol. The van der Waals surface area contributed by atoms with Crippen molar-refractivity contribution in [3.8, 4) is 0 Å². The molecule has 4 N–H and O–H groups in total. The van der Waals surface area contributed by atoms with Gasteiger partial charge in [-0.3, -0.25) is 9.36 Å². The molecule has 0 bridgehead atoms. The number of rotatable bonds is 9. The zero-order chi connectivity index (χ0) is 19.7. The molecule has 0 heterocycles. The second-order valence-electron chi connectivity index (χ2n) is 6.04. The topological polar surface area (TPSA) is 117 Å². The highest BCUT2D eigenvalue weighted by atomic mass is 79.9. The maximum absolute atomic E-state index is 12.3. The van der Waals surface area contributed by atoms with Crippen molar-refractivity contribution >= 4 is 41.2 Å². The summed E-state index contributed by atoms with van der Waals surface area (Å²) in [5.74, 6) is -0.412. The van der Waals surface area contributed by atoms with Crippen molar-refractivity contribution in [3.05, 3.63) is 28.7 Å². The first-order valence-electron chi connectivity index (χ1n) is 8.20. The second kappa shape index (κ2) is 10.7. The minimum absolute atomic E-state index is 0.0624. The average molecular weight is 450 g/mol. The third kappa shape index (κ3) is 8.80. The van der Waals surface area contributed by atoms with Crippen LogP contribution in [0.5, 0.6) is 0 Å². The normalized spacial score (nSPS) is 14.4. The first-order chi connectivity index (χ1) is 12.1. The van der Waals surface area contributed by atoms with Gasteiger partial charge in [-0.1, -0.05) is 29.8 Å². The monoisotopic (exact) mass is 449 g/mol. The van der Waals surface area contributed by atoms with Crippen LogP contribution in [0.15, 0.2) is 28.7 Å². The molecule has 10 heteroatoms. The predicted octanol–water partition coefficient (Wildman–Crippen LogP) is 3.28. The summed E-state index contributed by atoms with van der Waals surface area (Å²) in [5, 5.41) is 7.60. The van der Waals surface area contributed by atoms with Gasteiger partial charge in [0.15, 0.2) is 0 Å². The Morgan fingerprint density at radius 1 is 1.27 bits per heavy atom. The first-order valence-corrected chi connectivity index (χ1v) is 10.8. The maximum atomic E-state index is 12.3. The van der Waals surface area contributed by atoms with Gasteiger partial charge in [0.05, 0.1) is 6.61 Å². The Kier molecular flexibility index (Phi) is 9.29. The van der Waals surface area contributed by atoms with Crippen molar-refractivity contribution in [2.75, 3.05) is 18.2 Å². The van der Waals surface area contributed by atoms with Crippen LogP contribution in [-0.4, -0.2) is 35.8 Å². The van der Waals surface area contributed by atoms with Crippen LogP contribution < -0.4 is 16.0 Å². The van der Waals surface area contributed by atoms with Crippen molar-refractivity contribution in [2.24, 2.45) is 5.92 Å². The second-order valence-corrected chi connectivity index (χ2v) is 8.81. The lowest BCUT2D eigenvalue weighted by Gasteiger charge is -2.21. The third-order valence-corrected chi connectivity index (χ3v) is 4.96. The van der Waals surface area contributed by atoms with Gasteiger partial charge in [-0.15, -0.1) is 0 Å². The van der Waals surface area contributed by atoms with Crippen LogP contribution in [0.3, 0.4) is 0 Å². The van der Waals surface area contributed by atoms with Gasteiger partial charge in [-0.25, -0.2) is 4.79 Å². The smallest absolute Gasteiger partial charge is 0.343 e. The highest BCUT2D eigenvalue weighted by molar-refractivity contribution is 9.10. The van der Waals surface area contributed by atoms with E-state index < -0.39 is 31.9 Å². The first kappa shape index (κ1) is 22.6. The number of hydrogen-bond donors (Lipinski definition) is 4. The number of hydrogen-bond acceptors (Lipinski definition) is 4. The number of carbonyl (C=O) groups is 2. The molecule has 0 fully saturated rings. The minimum Gasteiger partial charge on any atom is -0.343 e. The lowest BCUT2D eigenvalue weighted by atomic mass is 10.0. The fourth-order valence-electron chi connectivity index (χ4n) is 2.11. The molecule has 0 aliphatic rings. The molecule has 0 aromatic heterocycles. The van der Waals surface area contributed by atoms with Crippen molar-refractivity contribution in [2.45, 2.75) is 33.2 Å². The van der Waals surface area contributed by atoms with Gasteiger partial charge in [0, 0.05) is 10.2 Å². The zero-order valence-corrected chi connectivity index (χ0v) is 17.5. The van der Waals surface area contributed by atoms with Gasteiger partial charge in [0.2, 0.25) is 5.91 Å². The summed E-state index contributed by atoms with van der Waals surface area (Å²) in [6.45, 7) is 5.46. The lowest BCUT2D eigenvalue weighted by molar-refractivity contribution is -0.123. The molecule has 26 heavy (non-hydrogen) atoms. The van der Waals surface area contributed by atoms with Gasteiger partial charge in [-0.05, 0) is 43.5 Å². The average Bonchev–Trinajstić information content (AvgIpc) is 2.54. The largest absolute Gasteiger partial charge is 0.347 e. The summed E-state index contributed by atoms with van der Waals surface area (Å²) in [7, 11) is -3.88. The van der Waals surface area contributed by atoms with E-state index in [1.807, 2.05) is 13.8 Å². The SMILES string of the molecule is CCOP(=O)(O)CNC(=O)C(CC(C)C)NC(=O)Nc1ccc(Br)cc1. The fourth-order valence-corrected chi connectivity index (χ4v) is 3.22. The summed E-state index contributed by atoms with van der Waals surface area (Å²) in [4.78, 5) is 34.0. The maximum Gasteiger partial charge on any atom is 0.347 e. The summed E-state index contributed by atoms with van der Waals surface area (Å²) in [6.07, 6.45) is -0.131. The van der Waals surface area contributed by atoms with E-state index in [0.29, 0.717) is 12.1 Å². The molecule has 146 valence electrons.